The van der Waals surface area contributed by atoms with Gasteiger partial charge in [0, 0.05) is 6.54 Å². The van der Waals surface area contributed by atoms with Gasteiger partial charge in [-0.15, -0.1) is 0 Å². The Labute approximate surface area is 233 Å². The van der Waals surface area contributed by atoms with Crippen molar-refractivity contribution >= 4 is 16.8 Å². The number of carbonyl (C=O) groups excluding carboxylic acids is 1. The molecule has 1 aromatic heterocycles. The Morgan fingerprint density at radius 1 is 0.875 bits per heavy atom. The molecule has 0 fully saturated rings. The zero-order valence-electron chi connectivity index (χ0n) is 22.6. The molecule has 0 radical (unpaired) electrons. The summed E-state index contributed by atoms with van der Waals surface area (Å²) in [5, 5.41) is 0.486. The van der Waals surface area contributed by atoms with Crippen molar-refractivity contribution in [2.24, 2.45) is 0 Å². The van der Waals surface area contributed by atoms with Gasteiger partial charge in [-0.25, -0.2) is 4.98 Å². The summed E-state index contributed by atoms with van der Waals surface area (Å²) in [5.74, 6) is 1.39. The second kappa shape index (κ2) is 12.3. The predicted octanol–water partition coefficient (Wildman–Crippen LogP) is 5.95. The van der Waals surface area contributed by atoms with E-state index < -0.39 is 6.04 Å². The number of ether oxygens (including phenoxy) is 2. The fourth-order valence-electron chi connectivity index (χ4n) is 4.86. The Hall–Kier alpha value is -4.91. The highest BCUT2D eigenvalue weighted by Gasteiger charge is 2.30. The van der Waals surface area contributed by atoms with E-state index in [4.69, 9.17) is 14.5 Å². The fourth-order valence-corrected chi connectivity index (χ4v) is 4.86. The molecule has 5 rings (SSSR count). The third kappa shape index (κ3) is 5.59. The molecular weight excluding hydrogens is 502 g/mol. The van der Waals surface area contributed by atoms with Crippen molar-refractivity contribution in [2.45, 2.75) is 25.9 Å². The Kier molecular flexibility index (Phi) is 8.21. The third-order valence-electron chi connectivity index (χ3n) is 6.81. The molecule has 1 atom stereocenters. The van der Waals surface area contributed by atoms with Gasteiger partial charge in [-0.05, 0) is 48.4 Å². The van der Waals surface area contributed by atoms with Crippen LogP contribution < -0.4 is 15.0 Å². The molecule has 0 aliphatic carbocycles. The maximum absolute atomic E-state index is 14.0. The number of para-hydroxylation sites is 4. The van der Waals surface area contributed by atoms with Crippen LogP contribution in [0.25, 0.3) is 16.6 Å². The standard InChI is InChI=1S/C33H31N3O4/c1-3-28(35(22-24-14-6-4-7-15-24)31(37)23-40-25-16-8-5-9-17-25)32-34-27-19-11-10-18-26(27)33(38)36(32)29-20-12-13-21-30(29)39-2/h4-21,28H,3,22-23H2,1-2H3. The molecule has 0 saturated carbocycles. The quantitative estimate of drug-likeness (QED) is 0.222. The Bertz CT molecular complexity index is 1650. The first-order chi connectivity index (χ1) is 19.6. The first-order valence-corrected chi connectivity index (χ1v) is 13.3. The lowest BCUT2D eigenvalue weighted by Gasteiger charge is -2.32. The molecule has 0 aliphatic rings. The van der Waals surface area contributed by atoms with Crippen molar-refractivity contribution in [3.05, 3.63) is 131 Å². The third-order valence-corrected chi connectivity index (χ3v) is 6.81. The molecular formula is C33H31N3O4. The summed E-state index contributed by atoms with van der Waals surface area (Å²) in [4.78, 5) is 34.7. The van der Waals surface area contributed by atoms with Gasteiger partial charge in [0.1, 0.15) is 17.3 Å². The Balaban J connectivity index is 1.66. The van der Waals surface area contributed by atoms with Gasteiger partial charge in [0.15, 0.2) is 6.61 Å². The van der Waals surface area contributed by atoms with Crippen LogP contribution in [0.1, 0.15) is 30.8 Å². The van der Waals surface area contributed by atoms with Crippen molar-refractivity contribution in [3.63, 3.8) is 0 Å². The largest absolute Gasteiger partial charge is 0.495 e. The first-order valence-electron chi connectivity index (χ1n) is 13.3. The van der Waals surface area contributed by atoms with Crippen molar-refractivity contribution in [1.82, 2.24) is 14.5 Å². The van der Waals surface area contributed by atoms with Crippen LogP contribution in [0, 0.1) is 0 Å². The van der Waals surface area contributed by atoms with Crippen LogP contribution in [-0.2, 0) is 11.3 Å². The lowest BCUT2D eigenvalue weighted by molar-refractivity contribution is -0.137. The zero-order valence-corrected chi connectivity index (χ0v) is 22.6. The van der Waals surface area contributed by atoms with E-state index in [1.807, 2.05) is 110 Å². The molecule has 0 N–H and O–H groups in total. The van der Waals surface area contributed by atoms with Crippen LogP contribution in [0.5, 0.6) is 11.5 Å². The lowest BCUT2D eigenvalue weighted by atomic mass is 10.1. The maximum atomic E-state index is 14.0. The molecule has 0 saturated heterocycles. The second-order valence-electron chi connectivity index (χ2n) is 9.33. The summed E-state index contributed by atoms with van der Waals surface area (Å²) in [5.41, 5.74) is 1.87. The lowest BCUT2D eigenvalue weighted by Crippen LogP contribution is -2.40. The van der Waals surface area contributed by atoms with Gasteiger partial charge in [0.25, 0.3) is 11.5 Å². The monoisotopic (exact) mass is 533 g/mol. The van der Waals surface area contributed by atoms with Gasteiger partial charge >= 0.3 is 0 Å². The van der Waals surface area contributed by atoms with Crippen molar-refractivity contribution < 1.29 is 14.3 Å². The minimum atomic E-state index is -0.533. The molecule has 1 unspecified atom stereocenters. The van der Waals surface area contributed by atoms with Gasteiger partial charge in [0.05, 0.1) is 29.7 Å². The summed E-state index contributed by atoms with van der Waals surface area (Å²) in [6.45, 7) is 2.16. The van der Waals surface area contributed by atoms with Gasteiger partial charge in [0.2, 0.25) is 0 Å². The van der Waals surface area contributed by atoms with Crippen molar-refractivity contribution in [3.8, 4) is 17.2 Å². The number of aromatic nitrogens is 2. The average Bonchev–Trinajstić information content (AvgIpc) is 3.01. The summed E-state index contributed by atoms with van der Waals surface area (Å²) in [7, 11) is 1.57. The molecule has 0 aliphatic heterocycles. The molecule has 1 amide bonds. The van der Waals surface area contributed by atoms with Crippen LogP contribution in [0.15, 0.2) is 114 Å². The summed E-state index contributed by atoms with van der Waals surface area (Å²) in [6.07, 6.45) is 0.518. The summed E-state index contributed by atoms with van der Waals surface area (Å²) < 4.78 is 13.1. The number of fused-ring (bicyclic) bond motifs is 1. The van der Waals surface area contributed by atoms with E-state index in [0.717, 1.165) is 5.56 Å². The molecule has 40 heavy (non-hydrogen) atoms. The zero-order chi connectivity index (χ0) is 27.9. The topological polar surface area (TPSA) is 73.7 Å². The number of carbonyl (C=O) groups is 1. The van der Waals surface area contributed by atoms with Gasteiger partial charge < -0.3 is 14.4 Å². The SMILES string of the molecule is CCC(c1nc2ccccc2c(=O)n1-c1ccccc1OC)N(Cc1ccccc1)C(=O)COc1ccccc1. The van der Waals surface area contributed by atoms with Crippen molar-refractivity contribution in [1.29, 1.82) is 0 Å². The molecule has 0 bridgehead atoms. The highest BCUT2D eigenvalue weighted by molar-refractivity contribution is 5.80. The number of methoxy groups -OCH3 is 1. The molecule has 4 aromatic carbocycles. The molecule has 1 heterocycles. The molecule has 5 aromatic rings. The number of nitrogens with zero attached hydrogens (tertiary/aromatic N) is 3. The second-order valence-corrected chi connectivity index (χ2v) is 9.33. The fraction of sp³-hybridized carbons (Fsp3) is 0.182. The predicted molar refractivity (Wildman–Crippen MR) is 156 cm³/mol. The minimum Gasteiger partial charge on any atom is -0.495 e. The Morgan fingerprint density at radius 2 is 1.52 bits per heavy atom. The molecule has 7 heteroatoms. The average molecular weight is 534 g/mol. The molecule has 0 spiro atoms. The smallest absolute Gasteiger partial charge is 0.266 e. The molecule has 7 nitrogen and oxygen atoms in total. The van der Waals surface area contributed by atoms with Crippen molar-refractivity contribution in [2.75, 3.05) is 13.7 Å². The highest BCUT2D eigenvalue weighted by atomic mass is 16.5. The first kappa shape index (κ1) is 26.7. The highest BCUT2D eigenvalue weighted by Crippen LogP contribution is 2.30. The number of hydrogen-bond acceptors (Lipinski definition) is 5. The van der Waals surface area contributed by atoms with Gasteiger partial charge in [-0.2, -0.15) is 0 Å². The van der Waals surface area contributed by atoms with Crippen LogP contribution in [-0.4, -0.2) is 34.1 Å². The minimum absolute atomic E-state index is 0.153. The number of hydrogen-bond donors (Lipinski definition) is 0. The van der Waals surface area contributed by atoms with E-state index in [1.165, 1.54) is 0 Å². The van der Waals surface area contributed by atoms with E-state index in [1.54, 1.807) is 22.6 Å². The number of benzene rings is 4. The summed E-state index contributed by atoms with van der Waals surface area (Å²) >= 11 is 0. The van der Waals surface area contributed by atoms with Crippen LogP contribution in [0.3, 0.4) is 0 Å². The van der Waals surface area contributed by atoms with Crippen LogP contribution >= 0.6 is 0 Å². The van der Waals surface area contributed by atoms with Gasteiger partial charge in [-0.1, -0.05) is 79.7 Å². The van der Waals surface area contributed by atoms with Crippen LogP contribution in [0.2, 0.25) is 0 Å². The van der Waals surface area contributed by atoms with Gasteiger partial charge in [-0.3, -0.25) is 14.2 Å². The number of amides is 1. The van der Waals surface area contributed by atoms with E-state index in [9.17, 15) is 9.59 Å². The summed E-state index contributed by atoms with van der Waals surface area (Å²) in [6, 6.07) is 33.1. The Morgan fingerprint density at radius 3 is 2.25 bits per heavy atom. The van der Waals surface area contributed by atoms with E-state index >= 15 is 0 Å². The normalized spacial score (nSPS) is 11.7. The molecule has 202 valence electrons. The van der Waals surface area contributed by atoms with E-state index in [0.29, 0.717) is 46.9 Å². The number of rotatable bonds is 10. The van der Waals surface area contributed by atoms with E-state index in [2.05, 4.69) is 0 Å². The van der Waals surface area contributed by atoms with E-state index in [-0.39, 0.29) is 18.1 Å². The maximum Gasteiger partial charge on any atom is 0.266 e. The van der Waals surface area contributed by atoms with Crippen LogP contribution in [0.4, 0.5) is 0 Å².